The minimum atomic E-state index is -0.892. The second-order valence-electron chi connectivity index (χ2n) is 14.1. The standard InChI is InChI=1S/C45H73NO7/c1-6-8-10-12-14-16-17-18-19-20-21-22-23-24-25-26-27-28-30-32-34-36-44(48)53-41(39-51-38-37-42(45(49)50)46(3,4)5)40-52-43(47)35-33-31-29-15-13-11-9-7-2/h8,10,14,16,18-19,21-22,24-25,27-29,31,41-42H,6-7,9,11-13,15,17,20,23,26,30,32-40H2,1-5H3/p+1/b10-8+,16-14+,19-18+,22-21+,25-24+,28-27+,31-29+. The molecule has 0 saturated carbocycles. The Bertz CT molecular complexity index is 1140. The van der Waals surface area contributed by atoms with Crippen LogP contribution < -0.4 is 0 Å². The van der Waals surface area contributed by atoms with E-state index in [0.717, 1.165) is 64.2 Å². The predicted octanol–water partition coefficient (Wildman–Crippen LogP) is 10.6. The van der Waals surface area contributed by atoms with Crippen molar-refractivity contribution in [3.05, 3.63) is 85.1 Å². The van der Waals surface area contributed by atoms with Crippen molar-refractivity contribution in [1.29, 1.82) is 0 Å². The fourth-order valence-electron chi connectivity index (χ4n) is 5.17. The summed E-state index contributed by atoms with van der Waals surface area (Å²) in [6.07, 6.45) is 45.1. The second kappa shape index (κ2) is 35.5. The number of unbranched alkanes of at least 4 members (excludes halogenated alkanes) is 6. The first-order chi connectivity index (χ1) is 25.6. The number of aliphatic carboxylic acids is 1. The van der Waals surface area contributed by atoms with Gasteiger partial charge in [0.15, 0.2) is 12.1 Å². The zero-order valence-electron chi connectivity index (χ0n) is 33.9. The number of likely N-dealkylation sites (N-methyl/N-ethyl adjacent to an activating group) is 1. The van der Waals surface area contributed by atoms with Gasteiger partial charge in [-0.1, -0.05) is 118 Å². The lowest BCUT2D eigenvalue weighted by atomic mass is 10.1. The fourth-order valence-corrected chi connectivity index (χ4v) is 5.17. The molecule has 0 saturated heterocycles. The van der Waals surface area contributed by atoms with Gasteiger partial charge in [-0.3, -0.25) is 9.59 Å². The van der Waals surface area contributed by atoms with Crippen molar-refractivity contribution < 1.29 is 38.2 Å². The third kappa shape index (κ3) is 34.1. The van der Waals surface area contributed by atoms with Crippen LogP contribution in [0.5, 0.6) is 0 Å². The number of carbonyl (C=O) groups excluding carboxylic acids is 2. The van der Waals surface area contributed by atoms with Crippen molar-refractivity contribution in [3.8, 4) is 0 Å². The molecular formula is C45H74NO7+. The number of esters is 2. The summed E-state index contributed by atoms with van der Waals surface area (Å²) in [7, 11) is 5.48. The summed E-state index contributed by atoms with van der Waals surface area (Å²) < 4.78 is 17.1. The monoisotopic (exact) mass is 741 g/mol. The molecule has 0 aromatic heterocycles. The molecule has 300 valence electrons. The molecule has 0 aliphatic heterocycles. The molecule has 0 rings (SSSR count). The molecule has 0 amide bonds. The molecule has 8 heteroatoms. The van der Waals surface area contributed by atoms with Crippen molar-refractivity contribution in [3.63, 3.8) is 0 Å². The number of carbonyl (C=O) groups is 3. The molecule has 0 aromatic rings. The zero-order valence-corrected chi connectivity index (χ0v) is 33.9. The number of carboxylic acids is 1. The Kier molecular flexibility index (Phi) is 33.2. The van der Waals surface area contributed by atoms with Crippen molar-refractivity contribution in [2.24, 2.45) is 0 Å². The number of quaternary nitrogens is 1. The van der Waals surface area contributed by atoms with E-state index in [2.05, 4.69) is 92.8 Å². The lowest BCUT2D eigenvalue weighted by Gasteiger charge is -2.31. The van der Waals surface area contributed by atoms with Crippen molar-refractivity contribution in [2.75, 3.05) is 41.0 Å². The highest BCUT2D eigenvalue weighted by Gasteiger charge is 2.31. The van der Waals surface area contributed by atoms with Crippen LogP contribution in [0.3, 0.4) is 0 Å². The lowest BCUT2D eigenvalue weighted by molar-refractivity contribution is -0.887. The minimum Gasteiger partial charge on any atom is -0.477 e. The lowest BCUT2D eigenvalue weighted by Crippen LogP contribution is -2.50. The molecule has 0 spiro atoms. The zero-order chi connectivity index (χ0) is 39.3. The van der Waals surface area contributed by atoms with E-state index in [0.29, 0.717) is 19.3 Å². The maximum absolute atomic E-state index is 12.7. The molecule has 2 atom stereocenters. The Morgan fingerprint density at radius 1 is 0.585 bits per heavy atom. The van der Waals surface area contributed by atoms with E-state index < -0.39 is 18.1 Å². The van der Waals surface area contributed by atoms with E-state index in [4.69, 9.17) is 14.2 Å². The first-order valence-corrected chi connectivity index (χ1v) is 20.1. The highest BCUT2D eigenvalue weighted by molar-refractivity contribution is 5.72. The van der Waals surface area contributed by atoms with E-state index in [-0.39, 0.29) is 49.1 Å². The van der Waals surface area contributed by atoms with Gasteiger partial charge in [-0.25, -0.2) is 4.79 Å². The Labute approximate surface area is 323 Å². The summed E-state index contributed by atoms with van der Waals surface area (Å²) in [5.74, 6) is -1.61. The van der Waals surface area contributed by atoms with Crippen LogP contribution in [-0.2, 0) is 28.6 Å². The van der Waals surface area contributed by atoms with Gasteiger partial charge >= 0.3 is 17.9 Å². The number of carboxylic acid groups (broad SMARTS) is 1. The van der Waals surface area contributed by atoms with Crippen molar-refractivity contribution in [1.82, 2.24) is 0 Å². The van der Waals surface area contributed by atoms with Crippen LogP contribution in [0.15, 0.2) is 85.1 Å². The van der Waals surface area contributed by atoms with E-state index in [9.17, 15) is 19.5 Å². The van der Waals surface area contributed by atoms with Gasteiger partial charge in [0.2, 0.25) is 0 Å². The highest BCUT2D eigenvalue weighted by Crippen LogP contribution is 2.11. The molecule has 0 aliphatic rings. The van der Waals surface area contributed by atoms with Crippen LogP contribution in [-0.4, -0.2) is 80.6 Å². The minimum absolute atomic E-state index is 0.0265. The first kappa shape index (κ1) is 49.5. The second-order valence-corrected chi connectivity index (χ2v) is 14.1. The molecule has 0 aliphatic carbocycles. The molecule has 2 unspecified atom stereocenters. The number of ether oxygens (including phenoxy) is 3. The quantitative estimate of drug-likeness (QED) is 0.0303. The number of nitrogens with zero attached hydrogens (tertiary/aromatic N) is 1. The largest absolute Gasteiger partial charge is 0.477 e. The molecule has 53 heavy (non-hydrogen) atoms. The third-order valence-electron chi connectivity index (χ3n) is 8.29. The van der Waals surface area contributed by atoms with Crippen molar-refractivity contribution in [2.45, 2.75) is 142 Å². The van der Waals surface area contributed by atoms with Gasteiger partial charge in [0, 0.05) is 19.3 Å². The summed E-state index contributed by atoms with van der Waals surface area (Å²) in [6, 6.07) is -0.630. The number of hydrogen-bond donors (Lipinski definition) is 1. The molecular weight excluding hydrogens is 666 g/mol. The van der Waals surface area contributed by atoms with E-state index in [1.165, 1.54) is 19.3 Å². The summed E-state index contributed by atoms with van der Waals surface area (Å²) in [5.41, 5.74) is 0. The van der Waals surface area contributed by atoms with Gasteiger partial charge in [0.1, 0.15) is 6.61 Å². The van der Waals surface area contributed by atoms with Gasteiger partial charge in [-0.2, -0.15) is 0 Å². The maximum Gasteiger partial charge on any atom is 0.362 e. The van der Waals surface area contributed by atoms with E-state index >= 15 is 0 Å². The number of rotatable bonds is 34. The van der Waals surface area contributed by atoms with Crippen LogP contribution in [0.2, 0.25) is 0 Å². The summed E-state index contributed by atoms with van der Waals surface area (Å²) >= 11 is 0. The average molecular weight is 741 g/mol. The fraction of sp³-hybridized carbons (Fsp3) is 0.622. The average Bonchev–Trinajstić information content (AvgIpc) is 3.11. The van der Waals surface area contributed by atoms with E-state index in [1.807, 2.05) is 27.2 Å². The van der Waals surface area contributed by atoms with Gasteiger partial charge in [-0.05, 0) is 77.0 Å². The summed E-state index contributed by atoms with van der Waals surface area (Å²) in [5, 5.41) is 9.58. The Morgan fingerprint density at radius 3 is 1.62 bits per heavy atom. The van der Waals surface area contributed by atoms with Crippen LogP contribution >= 0.6 is 0 Å². The molecule has 0 radical (unpaired) electrons. The molecule has 0 aromatic carbocycles. The number of allylic oxidation sites excluding steroid dienone is 14. The first-order valence-electron chi connectivity index (χ1n) is 20.1. The predicted molar refractivity (Wildman–Crippen MR) is 220 cm³/mol. The molecule has 0 fully saturated rings. The topological polar surface area (TPSA) is 99.1 Å². The van der Waals surface area contributed by atoms with Crippen LogP contribution in [0, 0.1) is 0 Å². The Morgan fingerprint density at radius 2 is 1.09 bits per heavy atom. The third-order valence-corrected chi connectivity index (χ3v) is 8.29. The van der Waals surface area contributed by atoms with Gasteiger partial charge in [0.25, 0.3) is 0 Å². The maximum atomic E-state index is 12.7. The van der Waals surface area contributed by atoms with E-state index in [1.54, 1.807) is 0 Å². The Hall–Kier alpha value is -3.49. The molecule has 0 heterocycles. The molecule has 8 nitrogen and oxygen atoms in total. The van der Waals surface area contributed by atoms with Crippen LogP contribution in [0.1, 0.15) is 129 Å². The van der Waals surface area contributed by atoms with Gasteiger partial charge in [0.05, 0.1) is 34.4 Å². The molecule has 1 N–H and O–H groups in total. The van der Waals surface area contributed by atoms with Crippen LogP contribution in [0.4, 0.5) is 0 Å². The normalized spacial score (nSPS) is 13.9. The Balaban J connectivity index is 4.47. The summed E-state index contributed by atoms with van der Waals surface area (Å²) in [4.78, 5) is 36.7. The van der Waals surface area contributed by atoms with Gasteiger partial charge in [-0.15, -0.1) is 0 Å². The summed E-state index contributed by atoms with van der Waals surface area (Å²) in [6.45, 7) is 4.45. The van der Waals surface area contributed by atoms with Gasteiger partial charge < -0.3 is 23.8 Å². The smallest absolute Gasteiger partial charge is 0.362 e. The number of hydrogen-bond acceptors (Lipinski definition) is 6. The van der Waals surface area contributed by atoms with Crippen molar-refractivity contribution >= 4 is 17.9 Å². The van der Waals surface area contributed by atoms with Crippen LogP contribution in [0.25, 0.3) is 0 Å². The highest BCUT2D eigenvalue weighted by atomic mass is 16.6. The SMILES string of the molecule is CC/C=C/C/C=C/C/C=C/C/C=C/C/C=C/C/C=C/CCCCC(=O)OC(COCCC(C(=O)O)[N+](C)(C)C)COC(=O)CC/C=C/CCCCCC. The molecule has 0 bridgehead atoms.